The van der Waals surface area contributed by atoms with Crippen molar-refractivity contribution in [3.63, 3.8) is 0 Å². The van der Waals surface area contributed by atoms with Crippen LogP contribution in [0.2, 0.25) is 0 Å². The van der Waals surface area contributed by atoms with Gasteiger partial charge in [-0.2, -0.15) is 0 Å². The Hall–Kier alpha value is -1.00. The Morgan fingerprint density at radius 1 is 1.64 bits per heavy atom. The van der Waals surface area contributed by atoms with E-state index in [-0.39, 0.29) is 6.17 Å². The van der Waals surface area contributed by atoms with Crippen molar-refractivity contribution in [2.24, 2.45) is 5.73 Å². The zero-order valence-electron chi connectivity index (χ0n) is 8.62. The van der Waals surface area contributed by atoms with Gasteiger partial charge in [-0.1, -0.05) is 0 Å². The monoisotopic (exact) mass is 197 g/mol. The molecule has 1 rings (SSSR count). The average molecular weight is 197 g/mol. The summed E-state index contributed by atoms with van der Waals surface area (Å²) < 4.78 is 5.23. The smallest absolute Gasteiger partial charge is 0.117 e. The van der Waals surface area contributed by atoms with E-state index < -0.39 is 0 Å². The van der Waals surface area contributed by atoms with Crippen molar-refractivity contribution in [1.29, 1.82) is 0 Å². The van der Waals surface area contributed by atoms with Crippen LogP contribution in [0.15, 0.2) is 24.0 Å². The Balaban J connectivity index is 2.07. The van der Waals surface area contributed by atoms with Gasteiger partial charge in [-0.15, -0.1) is 0 Å². The molecule has 0 saturated carbocycles. The van der Waals surface area contributed by atoms with Crippen LogP contribution in [0.4, 0.5) is 0 Å². The number of rotatable bonds is 6. The molecule has 0 fully saturated rings. The topological polar surface area (TPSA) is 59.3 Å². The summed E-state index contributed by atoms with van der Waals surface area (Å²) in [5, 5.41) is 6.43. The van der Waals surface area contributed by atoms with Crippen LogP contribution in [0.3, 0.4) is 0 Å². The maximum atomic E-state index is 5.77. The Morgan fingerprint density at radius 2 is 2.50 bits per heavy atom. The summed E-state index contributed by atoms with van der Waals surface area (Å²) >= 11 is 0. The molecule has 0 aromatic heterocycles. The third-order valence-corrected chi connectivity index (χ3v) is 2.00. The number of nitrogens with two attached hydrogens (primary N) is 1. The molecule has 0 aromatic rings. The number of allylic oxidation sites excluding steroid dienone is 2. The van der Waals surface area contributed by atoms with Gasteiger partial charge in [0.25, 0.3) is 0 Å². The fourth-order valence-electron chi connectivity index (χ4n) is 1.25. The highest BCUT2D eigenvalue weighted by Crippen LogP contribution is 1.97. The van der Waals surface area contributed by atoms with Crippen LogP contribution in [-0.4, -0.2) is 25.9 Å². The Morgan fingerprint density at radius 3 is 3.21 bits per heavy atom. The molecular formula is C10H19N3O. The molecule has 0 saturated heterocycles. The number of ether oxygens (including phenoxy) is 1. The number of nitrogens with one attached hydrogen (secondary N) is 2. The van der Waals surface area contributed by atoms with Crippen LogP contribution in [0.5, 0.6) is 0 Å². The van der Waals surface area contributed by atoms with Crippen LogP contribution in [-0.2, 0) is 4.74 Å². The van der Waals surface area contributed by atoms with E-state index in [0.29, 0.717) is 0 Å². The SMILES string of the molecule is CCOCCCNC1NC=CC=C1N. The van der Waals surface area contributed by atoms with Crippen LogP contribution < -0.4 is 16.4 Å². The Kier molecular flexibility index (Phi) is 5.11. The maximum Gasteiger partial charge on any atom is 0.117 e. The molecule has 0 bridgehead atoms. The van der Waals surface area contributed by atoms with Crippen molar-refractivity contribution >= 4 is 0 Å². The molecule has 80 valence electrons. The lowest BCUT2D eigenvalue weighted by atomic mass is 10.2. The normalized spacial score (nSPS) is 20.4. The van der Waals surface area contributed by atoms with Gasteiger partial charge in [0.2, 0.25) is 0 Å². The van der Waals surface area contributed by atoms with Crippen molar-refractivity contribution in [1.82, 2.24) is 10.6 Å². The molecule has 0 amide bonds. The molecule has 1 aliphatic rings. The first-order valence-corrected chi connectivity index (χ1v) is 5.04. The first-order chi connectivity index (χ1) is 6.84. The maximum absolute atomic E-state index is 5.77. The minimum Gasteiger partial charge on any atom is -0.399 e. The summed E-state index contributed by atoms with van der Waals surface area (Å²) in [4.78, 5) is 0. The van der Waals surface area contributed by atoms with Crippen LogP contribution >= 0.6 is 0 Å². The fraction of sp³-hybridized carbons (Fsp3) is 0.600. The van der Waals surface area contributed by atoms with Crippen LogP contribution in [0, 0.1) is 0 Å². The molecule has 0 radical (unpaired) electrons. The van der Waals surface area contributed by atoms with Gasteiger partial charge in [0.05, 0.1) is 0 Å². The second-order valence-electron chi connectivity index (χ2n) is 3.13. The zero-order valence-corrected chi connectivity index (χ0v) is 8.62. The van der Waals surface area contributed by atoms with Gasteiger partial charge in [0.1, 0.15) is 6.17 Å². The lowest BCUT2D eigenvalue weighted by Crippen LogP contribution is -2.45. The molecule has 1 heterocycles. The highest BCUT2D eigenvalue weighted by Gasteiger charge is 2.09. The van der Waals surface area contributed by atoms with E-state index >= 15 is 0 Å². The predicted molar refractivity (Wildman–Crippen MR) is 57.4 cm³/mol. The first-order valence-electron chi connectivity index (χ1n) is 5.04. The molecule has 0 aromatic carbocycles. The molecule has 1 aliphatic heterocycles. The van der Waals surface area contributed by atoms with Crippen molar-refractivity contribution in [3.8, 4) is 0 Å². The lowest BCUT2D eigenvalue weighted by molar-refractivity contribution is 0.144. The van der Waals surface area contributed by atoms with Gasteiger partial charge in [-0.3, -0.25) is 5.32 Å². The van der Waals surface area contributed by atoms with E-state index in [4.69, 9.17) is 10.5 Å². The van der Waals surface area contributed by atoms with E-state index in [0.717, 1.165) is 31.9 Å². The van der Waals surface area contributed by atoms with Gasteiger partial charge in [-0.05, 0) is 38.2 Å². The quantitative estimate of drug-likeness (QED) is 0.536. The van der Waals surface area contributed by atoms with E-state index in [1.54, 1.807) is 0 Å². The molecule has 0 spiro atoms. The van der Waals surface area contributed by atoms with Crippen LogP contribution in [0.1, 0.15) is 13.3 Å². The molecule has 4 N–H and O–H groups in total. The molecule has 1 atom stereocenters. The third-order valence-electron chi connectivity index (χ3n) is 2.00. The van der Waals surface area contributed by atoms with E-state index in [1.807, 2.05) is 25.3 Å². The Labute approximate surface area is 85.2 Å². The second-order valence-corrected chi connectivity index (χ2v) is 3.13. The fourth-order valence-corrected chi connectivity index (χ4v) is 1.25. The van der Waals surface area contributed by atoms with Crippen molar-refractivity contribution in [2.45, 2.75) is 19.5 Å². The summed E-state index contributed by atoms with van der Waals surface area (Å²) in [5.41, 5.74) is 6.60. The summed E-state index contributed by atoms with van der Waals surface area (Å²) in [6.45, 7) is 4.49. The average Bonchev–Trinajstić information content (AvgIpc) is 2.20. The minimum absolute atomic E-state index is 0.0710. The van der Waals surface area contributed by atoms with Gasteiger partial charge in [-0.25, -0.2) is 0 Å². The minimum atomic E-state index is 0.0710. The molecule has 14 heavy (non-hydrogen) atoms. The highest BCUT2D eigenvalue weighted by molar-refractivity contribution is 5.19. The molecule has 1 unspecified atom stereocenters. The van der Waals surface area contributed by atoms with Crippen molar-refractivity contribution in [3.05, 3.63) is 24.0 Å². The predicted octanol–water partition coefficient (Wildman–Crippen LogP) is 0.288. The van der Waals surface area contributed by atoms with E-state index in [2.05, 4.69) is 10.6 Å². The summed E-state index contributed by atoms with van der Waals surface area (Å²) in [6, 6.07) is 0. The second kappa shape index (κ2) is 6.45. The summed E-state index contributed by atoms with van der Waals surface area (Å²) in [5.74, 6) is 0. The number of hydrogen-bond acceptors (Lipinski definition) is 4. The van der Waals surface area contributed by atoms with E-state index in [1.165, 1.54) is 0 Å². The largest absolute Gasteiger partial charge is 0.399 e. The first kappa shape index (κ1) is 11.1. The Bertz CT molecular complexity index is 213. The van der Waals surface area contributed by atoms with Gasteiger partial charge < -0.3 is 15.8 Å². The molecule has 4 heteroatoms. The third kappa shape index (κ3) is 3.81. The molecule has 0 aliphatic carbocycles. The molecular weight excluding hydrogens is 178 g/mol. The van der Waals surface area contributed by atoms with Crippen molar-refractivity contribution in [2.75, 3.05) is 19.8 Å². The molecule has 4 nitrogen and oxygen atoms in total. The van der Waals surface area contributed by atoms with Gasteiger partial charge in [0.15, 0.2) is 0 Å². The lowest BCUT2D eigenvalue weighted by Gasteiger charge is -2.21. The summed E-state index contributed by atoms with van der Waals surface area (Å²) in [6.07, 6.45) is 6.76. The summed E-state index contributed by atoms with van der Waals surface area (Å²) in [7, 11) is 0. The number of hydrogen-bond donors (Lipinski definition) is 3. The zero-order chi connectivity index (χ0) is 10.2. The number of dihydropyridines is 1. The van der Waals surface area contributed by atoms with Crippen molar-refractivity contribution < 1.29 is 4.74 Å². The highest BCUT2D eigenvalue weighted by atomic mass is 16.5. The van der Waals surface area contributed by atoms with E-state index in [9.17, 15) is 0 Å². The van der Waals surface area contributed by atoms with Gasteiger partial charge in [0, 0.05) is 18.9 Å². The standard InChI is InChI=1S/C10H19N3O/c1-2-14-8-4-7-13-10-9(11)5-3-6-12-10/h3,5-6,10,12-13H,2,4,7-8,11H2,1H3. The van der Waals surface area contributed by atoms with Gasteiger partial charge >= 0.3 is 0 Å². The van der Waals surface area contributed by atoms with Crippen LogP contribution in [0.25, 0.3) is 0 Å².